The zero-order chi connectivity index (χ0) is 11.1. The van der Waals surface area contributed by atoms with Gasteiger partial charge in [0.2, 0.25) is 0 Å². The number of hydrogen-bond acceptors (Lipinski definition) is 1. The predicted molar refractivity (Wildman–Crippen MR) is 62.2 cm³/mol. The van der Waals surface area contributed by atoms with Gasteiger partial charge >= 0.3 is 0 Å². The molecule has 0 radical (unpaired) electrons. The molecule has 1 heteroatoms. The van der Waals surface area contributed by atoms with E-state index in [0.29, 0.717) is 6.90 Å². The molecular weight excluding hydrogens is 170 g/mol. The van der Waals surface area contributed by atoms with Crippen molar-refractivity contribution in [1.29, 1.82) is 0 Å². The quantitative estimate of drug-likeness (QED) is 0.703. The molecule has 0 heterocycles. The Morgan fingerprint density at radius 2 is 2.21 bits per heavy atom. The van der Waals surface area contributed by atoms with Crippen LogP contribution in [-0.2, 0) is 6.54 Å². The summed E-state index contributed by atoms with van der Waals surface area (Å²) < 4.78 is 7.52. The topological polar surface area (TPSA) is 12.0 Å². The summed E-state index contributed by atoms with van der Waals surface area (Å²) in [5.41, 5.74) is 1.10. The highest BCUT2D eigenvalue weighted by Gasteiger charge is 2.13. The van der Waals surface area contributed by atoms with E-state index in [9.17, 15) is 0 Å². The second-order valence-corrected chi connectivity index (χ2v) is 3.89. The molecule has 1 N–H and O–H groups in total. The highest BCUT2D eigenvalue weighted by molar-refractivity contribution is 5.14. The molecule has 0 bridgehead atoms. The molecule has 0 aliphatic heterocycles. The van der Waals surface area contributed by atoms with Crippen LogP contribution in [0.2, 0.25) is 0 Å². The molecule has 0 aliphatic rings. The fourth-order valence-corrected chi connectivity index (χ4v) is 1.30. The third-order valence-corrected chi connectivity index (χ3v) is 2.16. The third kappa shape index (κ3) is 3.75. The lowest BCUT2D eigenvalue weighted by molar-refractivity contribution is 0.391. The zero-order valence-corrected chi connectivity index (χ0v) is 8.79. The summed E-state index contributed by atoms with van der Waals surface area (Å²) in [7, 11) is 0. The molecule has 0 spiro atoms. The average Bonchev–Trinajstić information content (AvgIpc) is 2.28. The van der Waals surface area contributed by atoms with Crippen molar-refractivity contribution in [3.63, 3.8) is 0 Å². The lowest BCUT2D eigenvalue weighted by atomic mass is 10.0. The first kappa shape index (κ1) is 9.47. The summed E-state index contributed by atoms with van der Waals surface area (Å²) in [6, 6.07) is 10.2. The Balaban J connectivity index is 2.51. The lowest BCUT2D eigenvalue weighted by Crippen LogP contribution is -2.38. The van der Waals surface area contributed by atoms with E-state index in [2.05, 4.69) is 31.0 Å². The van der Waals surface area contributed by atoms with E-state index in [1.165, 1.54) is 5.56 Å². The van der Waals surface area contributed by atoms with Crippen LogP contribution >= 0.6 is 0 Å². The number of hydrogen-bond donors (Lipinski definition) is 1. The van der Waals surface area contributed by atoms with E-state index in [4.69, 9.17) is 1.37 Å². The van der Waals surface area contributed by atoms with Crippen LogP contribution in [0, 0.1) is 0 Å². The molecule has 1 rings (SSSR count). The van der Waals surface area contributed by atoms with Crippen molar-refractivity contribution in [3.05, 3.63) is 48.6 Å². The molecule has 0 amide bonds. The Kier molecular flexibility index (Phi) is 3.36. The summed E-state index contributed by atoms with van der Waals surface area (Å²) >= 11 is 0. The van der Waals surface area contributed by atoms with Crippen molar-refractivity contribution >= 4 is 0 Å². The van der Waals surface area contributed by atoms with E-state index in [1.54, 1.807) is 0 Å². The van der Waals surface area contributed by atoms with Crippen LogP contribution in [0.15, 0.2) is 43.0 Å². The molecular formula is C13H19N. The average molecular weight is 190 g/mol. The SMILES string of the molecule is [2H]CC(C)(CC=C)NCc1ccccc1. The van der Waals surface area contributed by atoms with Crippen molar-refractivity contribution in [2.24, 2.45) is 0 Å². The van der Waals surface area contributed by atoms with Crippen molar-refractivity contribution in [1.82, 2.24) is 5.32 Å². The van der Waals surface area contributed by atoms with Crippen LogP contribution in [0.1, 0.15) is 27.2 Å². The van der Waals surface area contributed by atoms with Crippen LogP contribution in [0.25, 0.3) is 0 Å². The van der Waals surface area contributed by atoms with Gasteiger partial charge in [-0.1, -0.05) is 36.4 Å². The predicted octanol–water partition coefficient (Wildman–Crippen LogP) is 3.13. The van der Waals surface area contributed by atoms with E-state index >= 15 is 0 Å². The minimum Gasteiger partial charge on any atom is -0.307 e. The molecule has 0 saturated carbocycles. The molecule has 0 aliphatic carbocycles. The number of rotatable bonds is 5. The smallest absolute Gasteiger partial charge is 0.0249 e. The molecule has 0 fully saturated rings. The van der Waals surface area contributed by atoms with E-state index < -0.39 is 0 Å². The maximum absolute atomic E-state index is 7.52. The molecule has 1 aromatic rings. The van der Waals surface area contributed by atoms with E-state index in [0.717, 1.165) is 13.0 Å². The second kappa shape index (κ2) is 4.97. The minimum atomic E-state index is -0.155. The van der Waals surface area contributed by atoms with Crippen molar-refractivity contribution in [2.45, 2.75) is 32.3 Å². The molecule has 1 unspecified atom stereocenters. The van der Waals surface area contributed by atoms with Gasteiger partial charge in [0.15, 0.2) is 0 Å². The summed E-state index contributed by atoms with van der Waals surface area (Å²) in [5.74, 6) is 0. The summed E-state index contributed by atoms with van der Waals surface area (Å²) in [5, 5.41) is 3.40. The van der Waals surface area contributed by atoms with Crippen molar-refractivity contribution in [2.75, 3.05) is 0 Å². The Hall–Kier alpha value is -1.08. The molecule has 1 atom stereocenters. The number of benzene rings is 1. The Morgan fingerprint density at radius 3 is 2.79 bits per heavy atom. The maximum atomic E-state index is 7.52. The minimum absolute atomic E-state index is 0.155. The molecule has 0 saturated heterocycles. The molecule has 1 aromatic carbocycles. The molecule has 1 nitrogen and oxygen atoms in total. The highest BCUT2D eigenvalue weighted by atomic mass is 14.9. The van der Waals surface area contributed by atoms with Crippen LogP contribution in [0.5, 0.6) is 0 Å². The third-order valence-electron chi connectivity index (χ3n) is 2.16. The lowest BCUT2D eigenvalue weighted by Gasteiger charge is -2.24. The molecule has 76 valence electrons. The van der Waals surface area contributed by atoms with Crippen LogP contribution < -0.4 is 5.32 Å². The van der Waals surface area contributed by atoms with Gasteiger partial charge in [-0.3, -0.25) is 0 Å². The van der Waals surface area contributed by atoms with Gasteiger partial charge in [-0.2, -0.15) is 0 Å². The fourth-order valence-electron chi connectivity index (χ4n) is 1.30. The standard InChI is InChI=1S/C13H19N/c1-4-10-13(2,3)14-11-12-8-6-5-7-9-12/h4-9,14H,1,10-11H2,2-3H3/i2D. The van der Waals surface area contributed by atoms with Gasteiger partial charge < -0.3 is 5.32 Å². The van der Waals surface area contributed by atoms with Gasteiger partial charge in [0, 0.05) is 13.5 Å². The van der Waals surface area contributed by atoms with Crippen LogP contribution in [0.3, 0.4) is 0 Å². The largest absolute Gasteiger partial charge is 0.307 e. The first-order valence-corrected chi connectivity index (χ1v) is 4.89. The van der Waals surface area contributed by atoms with Gasteiger partial charge in [0.05, 0.1) is 0 Å². The Labute approximate surface area is 88.3 Å². The number of nitrogens with one attached hydrogen (secondary N) is 1. The Morgan fingerprint density at radius 1 is 1.50 bits per heavy atom. The zero-order valence-electron chi connectivity index (χ0n) is 9.79. The van der Waals surface area contributed by atoms with Crippen molar-refractivity contribution < 1.29 is 1.37 Å². The second-order valence-electron chi connectivity index (χ2n) is 3.89. The van der Waals surface area contributed by atoms with Crippen LogP contribution in [-0.4, -0.2) is 5.54 Å². The highest BCUT2D eigenvalue weighted by Crippen LogP contribution is 2.10. The monoisotopic (exact) mass is 190 g/mol. The first-order valence-electron chi connectivity index (χ1n) is 5.60. The maximum Gasteiger partial charge on any atom is 0.0249 e. The van der Waals surface area contributed by atoms with E-state index in [-0.39, 0.29) is 5.54 Å². The van der Waals surface area contributed by atoms with Gasteiger partial charge in [0.1, 0.15) is 0 Å². The van der Waals surface area contributed by atoms with Gasteiger partial charge in [0.25, 0.3) is 0 Å². The summed E-state index contributed by atoms with van der Waals surface area (Å²) in [6.07, 6.45) is 2.69. The molecule has 14 heavy (non-hydrogen) atoms. The fraction of sp³-hybridized carbons (Fsp3) is 0.385. The van der Waals surface area contributed by atoms with Crippen LogP contribution in [0.4, 0.5) is 0 Å². The van der Waals surface area contributed by atoms with Crippen molar-refractivity contribution in [3.8, 4) is 0 Å². The summed E-state index contributed by atoms with van der Waals surface area (Å²) in [4.78, 5) is 0. The molecule has 0 aromatic heterocycles. The first-order chi connectivity index (χ1) is 7.20. The van der Waals surface area contributed by atoms with E-state index in [1.807, 2.05) is 24.3 Å². The summed E-state index contributed by atoms with van der Waals surface area (Å²) in [6.45, 7) is 6.96. The van der Waals surface area contributed by atoms with Gasteiger partial charge in [-0.05, 0) is 25.8 Å². The van der Waals surface area contributed by atoms with Gasteiger partial charge in [-0.15, -0.1) is 6.58 Å². The van der Waals surface area contributed by atoms with Gasteiger partial charge in [-0.25, -0.2) is 0 Å². The normalized spacial score (nSPS) is 15.6. The Bertz CT molecular complexity index is 297.